The summed E-state index contributed by atoms with van der Waals surface area (Å²) in [5.41, 5.74) is 2.91. The Morgan fingerprint density at radius 2 is 1.79 bits per heavy atom. The van der Waals surface area contributed by atoms with E-state index in [1.165, 1.54) is 17.6 Å². The average Bonchev–Trinajstić information content (AvgIpc) is 3.45. The Morgan fingerprint density at radius 1 is 1.00 bits per heavy atom. The van der Waals surface area contributed by atoms with Crippen molar-refractivity contribution in [1.82, 2.24) is 15.3 Å². The lowest BCUT2D eigenvalue weighted by atomic mass is 10.2. The quantitative estimate of drug-likeness (QED) is 0.507. The van der Waals surface area contributed by atoms with E-state index in [9.17, 15) is 9.59 Å². The number of thiazole rings is 1. The lowest BCUT2D eigenvalue weighted by Gasteiger charge is -2.06. The van der Waals surface area contributed by atoms with E-state index in [2.05, 4.69) is 20.6 Å². The minimum Gasteiger partial charge on any atom is -0.459 e. The molecule has 7 nitrogen and oxygen atoms in total. The van der Waals surface area contributed by atoms with E-state index in [1.807, 2.05) is 17.5 Å². The molecule has 2 amide bonds. The SMILES string of the molecule is O=C(NCc1nc(-c2ccncc2)cs1)c1ccc(NC(=O)c2ccco2)cc1. The highest BCUT2D eigenvalue weighted by Gasteiger charge is 2.11. The highest BCUT2D eigenvalue weighted by atomic mass is 32.1. The van der Waals surface area contributed by atoms with Gasteiger partial charge >= 0.3 is 0 Å². The van der Waals surface area contributed by atoms with E-state index in [1.54, 1.807) is 48.8 Å². The van der Waals surface area contributed by atoms with Gasteiger partial charge in [0.25, 0.3) is 11.8 Å². The summed E-state index contributed by atoms with van der Waals surface area (Å²) in [4.78, 5) is 32.9. The second kappa shape index (κ2) is 8.49. The van der Waals surface area contributed by atoms with Crippen LogP contribution in [0.15, 0.2) is 77.0 Å². The number of carbonyl (C=O) groups excluding carboxylic acids is 2. The Hall–Kier alpha value is -3.78. The van der Waals surface area contributed by atoms with Crippen molar-refractivity contribution in [3.8, 4) is 11.3 Å². The molecule has 2 N–H and O–H groups in total. The van der Waals surface area contributed by atoms with E-state index in [0.29, 0.717) is 17.8 Å². The van der Waals surface area contributed by atoms with Crippen LogP contribution in [0, 0.1) is 0 Å². The molecule has 0 atom stereocenters. The molecular weight excluding hydrogens is 388 g/mol. The van der Waals surface area contributed by atoms with Gasteiger partial charge in [-0.05, 0) is 48.5 Å². The Kier molecular flexibility index (Phi) is 5.44. The smallest absolute Gasteiger partial charge is 0.291 e. The predicted molar refractivity (Wildman–Crippen MR) is 110 cm³/mol. The number of pyridine rings is 1. The summed E-state index contributed by atoms with van der Waals surface area (Å²) in [6.07, 6.45) is 4.87. The summed E-state index contributed by atoms with van der Waals surface area (Å²) in [6, 6.07) is 13.6. The molecule has 0 spiro atoms. The van der Waals surface area contributed by atoms with E-state index in [0.717, 1.165) is 16.3 Å². The number of amides is 2. The first kappa shape index (κ1) is 18.6. The number of rotatable bonds is 6. The van der Waals surface area contributed by atoms with Crippen LogP contribution in [0.3, 0.4) is 0 Å². The van der Waals surface area contributed by atoms with Gasteiger partial charge in [-0.1, -0.05) is 0 Å². The van der Waals surface area contributed by atoms with Gasteiger partial charge in [0.2, 0.25) is 0 Å². The molecule has 29 heavy (non-hydrogen) atoms. The number of carbonyl (C=O) groups is 2. The number of hydrogen-bond acceptors (Lipinski definition) is 6. The molecule has 0 bridgehead atoms. The van der Waals surface area contributed by atoms with Crippen molar-refractivity contribution in [1.29, 1.82) is 0 Å². The number of anilines is 1. The molecule has 0 saturated carbocycles. The zero-order chi connectivity index (χ0) is 20.1. The zero-order valence-corrected chi connectivity index (χ0v) is 16.0. The minimum atomic E-state index is -0.346. The summed E-state index contributed by atoms with van der Waals surface area (Å²) in [5.74, 6) is -0.336. The molecule has 0 unspecified atom stereocenters. The Bertz CT molecular complexity index is 1110. The average molecular weight is 404 g/mol. The molecule has 4 rings (SSSR count). The molecule has 0 aliphatic heterocycles. The van der Waals surface area contributed by atoms with Crippen molar-refractivity contribution in [2.24, 2.45) is 0 Å². The first-order valence-corrected chi connectivity index (χ1v) is 9.65. The van der Waals surface area contributed by atoms with E-state index in [-0.39, 0.29) is 17.6 Å². The highest BCUT2D eigenvalue weighted by molar-refractivity contribution is 7.09. The fraction of sp³-hybridized carbons (Fsp3) is 0.0476. The maximum Gasteiger partial charge on any atom is 0.291 e. The van der Waals surface area contributed by atoms with Gasteiger partial charge in [0.05, 0.1) is 18.5 Å². The molecule has 0 aliphatic carbocycles. The third kappa shape index (κ3) is 4.56. The van der Waals surface area contributed by atoms with Crippen LogP contribution in [-0.4, -0.2) is 21.8 Å². The number of nitrogens with one attached hydrogen (secondary N) is 2. The van der Waals surface area contributed by atoms with Crippen LogP contribution in [0.2, 0.25) is 0 Å². The Balaban J connectivity index is 1.33. The van der Waals surface area contributed by atoms with Crippen molar-refractivity contribution in [2.45, 2.75) is 6.54 Å². The van der Waals surface area contributed by atoms with Crippen molar-refractivity contribution in [2.75, 3.05) is 5.32 Å². The van der Waals surface area contributed by atoms with Crippen LogP contribution in [0.5, 0.6) is 0 Å². The van der Waals surface area contributed by atoms with Crippen LogP contribution in [0.1, 0.15) is 25.9 Å². The number of hydrogen-bond donors (Lipinski definition) is 2. The van der Waals surface area contributed by atoms with E-state index < -0.39 is 0 Å². The largest absolute Gasteiger partial charge is 0.459 e. The third-order valence-electron chi connectivity index (χ3n) is 4.08. The highest BCUT2D eigenvalue weighted by Crippen LogP contribution is 2.21. The Labute approximate surface area is 170 Å². The third-order valence-corrected chi connectivity index (χ3v) is 4.93. The van der Waals surface area contributed by atoms with Gasteiger partial charge in [-0.15, -0.1) is 11.3 Å². The van der Waals surface area contributed by atoms with Crippen molar-refractivity contribution in [3.05, 3.63) is 88.9 Å². The van der Waals surface area contributed by atoms with Gasteiger partial charge < -0.3 is 15.1 Å². The van der Waals surface area contributed by atoms with Gasteiger partial charge in [-0.25, -0.2) is 4.98 Å². The fourth-order valence-corrected chi connectivity index (χ4v) is 3.35. The molecule has 0 radical (unpaired) electrons. The summed E-state index contributed by atoms with van der Waals surface area (Å²) in [7, 11) is 0. The first-order chi connectivity index (χ1) is 14.2. The van der Waals surface area contributed by atoms with Crippen LogP contribution in [-0.2, 0) is 6.54 Å². The maximum atomic E-state index is 12.4. The predicted octanol–water partition coefficient (Wildman–Crippen LogP) is 3.98. The van der Waals surface area contributed by atoms with Gasteiger partial charge in [0.1, 0.15) is 5.01 Å². The second-order valence-electron chi connectivity index (χ2n) is 6.05. The van der Waals surface area contributed by atoms with Crippen LogP contribution < -0.4 is 10.6 Å². The number of aromatic nitrogens is 2. The normalized spacial score (nSPS) is 10.5. The standard InChI is InChI=1S/C21H16N4O3S/c26-20(23-12-19-25-17(13-29-19)14-7-9-22-10-8-14)15-3-5-16(6-4-15)24-21(27)18-2-1-11-28-18/h1-11,13H,12H2,(H,23,26)(H,24,27). The Morgan fingerprint density at radius 3 is 2.52 bits per heavy atom. The lowest BCUT2D eigenvalue weighted by molar-refractivity contribution is 0.0950. The first-order valence-electron chi connectivity index (χ1n) is 8.77. The van der Waals surface area contributed by atoms with Crippen molar-refractivity contribution in [3.63, 3.8) is 0 Å². The van der Waals surface area contributed by atoms with Crippen LogP contribution in [0.4, 0.5) is 5.69 Å². The summed E-state index contributed by atoms with van der Waals surface area (Å²) >= 11 is 1.49. The molecule has 0 aliphatic rings. The minimum absolute atomic E-state index is 0.213. The molecule has 0 saturated heterocycles. The maximum absolute atomic E-state index is 12.4. The molecule has 4 aromatic rings. The summed E-state index contributed by atoms with van der Waals surface area (Å²) < 4.78 is 5.05. The van der Waals surface area contributed by atoms with Crippen molar-refractivity contribution < 1.29 is 14.0 Å². The number of furan rings is 1. The monoisotopic (exact) mass is 404 g/mol. The number of nitrogens with zero attached hydrogens (tertiary/aromatic N) is 2. The molecule has 3 aromatic heterocycles. The fourth-order valence-electron chi connectivity index (χ4n) is 2.61. The van der Waals surface area contributed by atoms with Crippen LogP contribution >= 0.6 is 11.3 Å². The molecule has 144 valence electrons. The molecule has 3 heterocycles. The zero-order valence-electron chi connectivity index (χ0n) is 15.2. The second-order valence-corrected chi connectivity index (χ2v) is 7.00. The van der Waals surface area contributed by atoms with E-state index in [4.69, 9.17) is 4.42 Å². The topological polar surface area (TPSA) is 97.1 Å². The molecular formula is C21H16N4O3S. The van der Waals surface area contributed by atoms with Gasteiger partial charge in [-0.2, -0.15) is 0 Å². The summed E-state index contributed by atoms with van der Waals surface area (Å²) in [6.45, 7) is 0.339. The van der Waals surface area contributed by atoms with E-state index >= 15 is 0 Å². The van der Waals surface area contributed by atoms with Crippen molar-refractivity contribution >= 4 is 28.8 Å². The van der Waals surface area contributed by atoms with Gasteiger partial charge in [0, 0.05) is 34.6 Å². The summed E-state index contributed by atoms with van der Waals surface area (Å²) in [5, 5.41) is 8.33. The van der Waals surface area contributed by atoms with Gasteiger partial charge in [-0.3, -0.25) is 14.6 Å². The molecule has 1 aromatic carbocycles. The van der Waals surface area contributed by atoms with Crippen LogP contribution in [0.25, 0.3) is 11.3 Å². The molecule has 8 heteroatoms. The lowest BCUT2D eigenvalue weighted by Crippen LogP contribution is -2.22. The molecule has 0 fully saturated rings. The number of benzene rings is 1. The van der Waals surface area contributed by atoms with Gasteiger partial charge in [0.15, 0.2) is 5.76 Å².